The van der Waals surface area contributed by atoms with E-state index in [-0.39, 0.29) is 10.4 Å². The van der Waals surface area contributed by atoms with Crippen molar-refractivity contribution in [1.82, 2.24) is 14.8 Å². The molecule has 2 rings (SSSR count). The molecule has 1 unspecified atom stereocenters. The third kappa shape index (κ3) is 3.39. The molecule has 0 bridgehead atoms. The second kappa shape index (κ2) is 5.46. The van der Waals surface area contributed by atoms with Crippen molar-refractivity contribution in [2.24, 2.45) is 5.92 Å². The third-order valence-electron chi connectivity index (χ3n) is 3.79. The average molecular weight is 301 g/mol. The molecule has 0 amide bonds. The molecule has 0 saturated carbocycles. The summed E-state index contributed by atoms with van der Waals surface area (Å²) in [5, 5.41) is 3.51. The van der Waals surface area contributed by atoms with Crippen LogP contribution in [0.2, 0.25) is 0 Å². The second-order valence-corrected chi connectivity index (χ2v) is 8.11. The fourth-order valence-electron chi connectivity index (χ4n) is 2.46. The van der Waals surface area contributed by atoms with Crippen molar-refractivity contribution in [3.8, 4) is 0 Å². The fourth-order valence-corrected chi connectivity index (χ4v) is 3.67. The third-order valence-corrected chi connectivity index (χ3v) is 5.31. The van der Waals surface area contributed by atoms with Crippen LogP contribution >= 0.6 is 0 Å². The predicted octanol–water partition coefficient (Wildman–Crippen LogP) is 1.38. The quantitative estimate of drug-likeness (QED) is 0.909. The van der Waals surface area contributed by atoms with Gasteiger partial charge in [-0.05, 0) is 46.6 Å². The molecule has 1 saturated heterocycles. The smallest absolute Gasteiger partial charge is 0.245 e. The molecule has 114 valence electrons. The first-order valence-corrected chi connectivity index (χ1v) is 8.34. The standard InChI is InChI=1S/C13H23N3O3S/c1-10-12(8-14-19-10)20(17,18)15-7-11-5-6-16(9-11)13(2,3)4/h8,11,15H,5-7,9H2,1-4H3. The van der Waals surface area contributed by atoms with Gasteiger partial charge in [0.25, 0.3) is 0 Å². The fraction of sp³-hybridized carbons (Fsp3) is 0.769. The van der Waals surface area contributed by atoms with Gasteiger partial charge in [-0.1, -0.05) is 5.16 Å². The first-order chi connectivity index (χ1) is 9.20. The maximum atomic E-state index is 12.1. The Kier molecular flexibility index (Phi) is 4.22. The molecule has 1 aliphatic rings. The Morgan fingerprint density at radius 3 is 2.70 bits per heavy atom. The van der Waals surface area contributed by atoms with Crippen LogP contribution in [0.25, 0.3) is 0 Å². The highest BCUT2D eigenvalue weighted by Crippen LogP contribution is 2.24. The Morgan fingerprint density at radius 1 is 1.50 bits per heavy atom. The number of hydrogen-bond acceptors (Lipinski definition) is 5. The number of hydrogen-bond donors (Lipinski definition) is 1. The van der Waals surface area contributed by atoms with Crippen LogP contribution in [0.5, 0.6) is 0 Å². The Bertz CT molecular complexity index is 560. The number of likely N-dealkylation sites (tertiary alicyclic amines) is 1. The van der Waals surface area contributed by atoms with Crippen LogP contribution in [0.3, 0.4) is 0 Å². The summed E-state index contributed by atoms with van der Waals surface area (Å²) >= 11 is 0. The van der Waals surface area contributed by atoms with Crippen molar-refractivity contribution in [2.45, 2.75) is 44.6 Å². The SMILES string of the molecule is Cc1oncc1S(=O)(=O)NCC1CCN(C(C)(C)C)C1. The molecule has 20 heavy (non-hydrogen) atoms. The molecule has 1 aliphatic heterocycles. The summed E-state index contributed by atoms with van der Waals surface area (Å²) in [6.07, 6.45) is 2.26. The molecule has 1 fully saturated rings. The molecule has 1 atom stereocenters. The predicted molar refractivity (Wildman–Crippen MR) is 75.9 cm³/mol. The van der Waals surface area contributed by atoms with Crippen molar-refractivity contribution in [3.63, 3.8) is 0 Å². The lowest BCUT2D eigenvalue weighted by atomic mass is 10.1. The highest BCUT2D eigenvalue weighted by atomic mass is 32.2. The maximum absolute atomic E-state index is 12.1. The lowest BCUT2D eigenvalue weighted by Gasteiger charge is -2.31. The monoisotopic (exact) mass is 301 g/mol. The van der Waals surface area contributed by atoms with Crippen LogP contribution in [-0.4, -0.2) is 43.6 Å². The van der Waals surface area contributed by atoms with Gasteiger partial charge >= 0.3 is 0 Å². The summed E-state index contributed by atoms with van der Waals surface area (Å²) in [6, 6.07) is 0. The van der Waals surface area contributed by atoms with E-state index in [2.05, 4.69) is 35.5 Å². The van der Waals surface area contributed by atoms with Gasteiger partial charge in [-0.15, -0.1) is 0 Å². The van der Waals surface area contributed by atoms with Crippen molar-refractivity contribution in [2.75, 3.05) is 19.6 Å². The number of nitrogens with zero attached hydrogens (tertiary/aromatic N) is 2. The van der Waals surface area contributed by atoms with Gasteiger partial charge < -0.3 is 4.52 Å². The summed E-state index contributed by atoms with van der Waals surface area (Å²) in [5.41, 5.74) is 0.138. The van der Waals surface area contributed by atoms with E-state index in [1.807, 2.05) is 0 Å². The topological polar surface area (TPSA) is 75.4 Å². The Hall–Kier alpha value is -0.920. The normalized spacial score (nSPS) is 21.5. The van der Waals surface area contributed by atoms with Gasteiger partial charge in [-0.3, -0.25) is 4.90 Å². The molecule has 1 N–H and O–H groups in total. The van der Waals surface area contributed by atoms with Crippen molar-refractivity contribution in [1.29, 1.82) is 0 Å². The van der Waals surface area contributed by atoms with Crippen LogP contribution in [0.4, 0.5) is 0 Å². The zero-order valence-corrected chi connectivity index (χ0v) is 13.3. The van der Waals surface area contributed by atoms with Crippen molar-refractivity contribution < 1.29 is 12.9 Å². The Morgan fingerprint density at radius 2 is 2.20 bits per heavy atom. The van der Waals surface area contributed by atoms with Gasteiger partial charge in [0, 0.05) is 18.6 Å². The summed E-state index contributed by atoms with van der Waals surface area (Å²) in [4.78, 5) is 2.51. The van der Waals surface area contributed by atoms with Crippen molar-refractivity contribution in [3.05, 3.63) is 12.0 Å². The van der Waals surface area contributed by atoms with Crippen LogP contribution in [0.15, 0.2) is 15.6 Å². The van der Waals surface area contributed by atoms with E-state index in [4.69, 9.17) is 4.52 Å². The van der Waals surface area contributed by atoms with E-state index < -0.39 is 10.0 Å². The van der Waals surface area contributed by atoms with E-state index in [1.165, 1.54) is 6.20 Å². The van der Waals surface area contributed by atoms with E-state index in [9.17, 15) is 8.42 Å². The van der Waals surface area contributed by atoms with E-state index in [0.717, 1.165) is 19.5 Å². The summed E-state index contributed by atoms with van der Waals surface area (Å²) < 4.78 is 31.7. The van der Waals surface area contributed by atoms with Gasteiger partial charge in [-0.25, -0.2) is 13.1 Å². The zero-order chi connectivity index (χ0) is 15.0. The summed E-state index contributed by atoms with van der Waals surface area (Å²) in [5.74, 6) is 0.671. The van der Waals surface area contributed by atoms with Crippen LogP contribution in [0, 0.1) is 12.8 Å². The largest absolute Gasteiger partial charge is 0.360 e. The number of aromatic nitrogens is 1. The van der Waals surface area contributed by atoms with Gasteiger partial charge in [0.2, 0.25) is 10.0 Å². The molecule has 7 heteroatoms. The van der Waals surface area contributed by atoms with Crippen LogP contribution < -0.4 is 4.72 Å². The summed E-state index contributed by atoms with van der Waals surface area (Å²) in [6.45, 7) is 10.5. The maximum Gasteiger partial charge on any atom is 0.245 e. The molecule has 2 heterocycles. The molecule has 1 aromatic rings. The van der Waals surface area contributed by atoms with Crippen LogP contribution in [0.1, 0.15) is 33.0 Å². The highest BCUT2D eigenvalue weighted by molar-refractivity contribution is 7.89. The molecule has 1 aromatic heterocycles. The van der Waals surface area contributed by atoms with E-state index in [0.29, 0.717) is 18.2 Å². The first kappa shape index (κ1) is 15.5. The number of sulfonamides is 1. The first-order valence-electron chi connectivity index (χ1n) is 6.86. The van der Waals surface area contributed by atoms with E-state index >= 15 is 0 Å². The van der Waals surface area contributed by atoms with Gasteiger partial charge in [-0.2, -0.15) is 0 Å². The minimum atomic E-state index is -3.51. The Balaban J connectivity index is 1.93. The zero-order valence-electron chi connectivity index (χ0n) is 12.5. The van der Waals surface area contributed by atoms with Gasteiger partial charge in [0.1, 0.15) is 4.90 Å². The molecular weight excluding hydrogens is 278 g/mol. The molecule has 0 aliphatic carbocycles. The Labute approximate surface area is 120 Å². The molecular formula is C13H23N3O3S. The molecule has 6 nitrogen and oxygen atoms in total. The minimum Gasteiger partial charge on any atom is -0.360 e. The lowest BCUT2D eigenvalue weighted by Crippen LogP contribution is -2.40. The average Bonchev–Trinajstić information content (AvgIpc) is 2.94. The van der Waals surface area contributed by atoms with Gasteiger partial charge in [0.15, 0.2) is 5.76 Å². The summed E-state index contributed by atoms with van der Waals surface area (Å²) in [7, 11) is -3.51. The number of nitrogens with one attached hydrogen (secondary N) is 1. The van der Waals surface area contributed by atoms with Crippen molar-refractivity contribution >= 4 is 10.0 Å². The highest BCUT2D eigenvalue weighted by Gasteiger charge is 2.31. The number of aryl methyl sites for hydroxylation is 1. The molecule has 0 radical (unpaired) electrons. The minimum absolute atomic E-state index is 0.128. The van der Waals surface area contributed by atoms with Crippen LogP contribution in [-0.2, 0) is 10.0 Å². The van der Waals surface area contributed by atoms with Gasteiger partial charge in [0.05, 0.1) is 6.20 Å². The van der Waals surface area contributed by atoms with E-state index in [1.54, 1.807) is 6.92 Å². The molecule has 0 spiro atoms. The number of rotatable bonds is 4. The molecule has 0 aromatic carbocycles. The second-order valence-electron chi connectivity index (χ2n) is 6.37. The lowest BCUT2D eigenvalue weighted by molar-refractivity contribution is 0.168.